The van der Waals surface area contributed by atoms with E-state index in [0.29, 0.717) is 36.0 Å². The van der Waals surface area contributed by atoms with E-state index in [-0.39, 0.29) is 0 Å². The number of ether oxygens (including phenoxy) is 2. The number of anilines is 2. The molecule has 3 rings (SSSR count). The second kappa shape index (κ2) is 10.5. The molecule has 0 saturated carbocycles. The maximum absolute atomic E-state index is 12.1. The molecular weight excluding hydrogens is 430 g/mol. The Morgan fingerprint density at radius 2 is 1.85 bits per heavy atom. The van der Waals surface area contributed by atoms with Crippen LogP contribution in [0, 0.1) is 6.92 Å². The highest BCUT2D eigenvalue weighted by atomic mass is 16.6. The van der Waals surface area contributed by atoms with Gasteiger partial charge in [-0.05, 0) is 76.2 Å². The predicted octanol–water partition coefficient (Wildman–Crippen LogP) is 5.02. The highest BCUT2D eigenvalue weighted by Crippen LogP contribution is 2.35. The van der Waals surface area contributed by atoms with Crippen molar-refractivity contribution in [2.45, 2.75) is 46.4 Å². The van der Waals surface area contributed by atoms with Crippen LogP contribution in [0.4, 0.5) is 16.2 Å². The van der Waals surface area contributed by atoms with Crippen LogP contribution in [0.25, 0.3) is 11.4 Å². The number of nitrogens with one attached hydrogen (secondary N) is 1. The van der Waals surface area contributed by atoms with Crippen LogP contribution in [0.2, 0.25) is 0 Å². The number of nitrogen functional groups attached to an aromatic ring is 1. The van der Waals surface area contributed by atoms with Crippen LogP contribution in [-0.4, -0.2) is 40.7 Å². The monoisotopic (exact) mass is 463 g/mol. The first kappa shape index (κ1) is 25.0. The maximum Gasteiger partial charge on any atom is 0.412 e. The van der Waals surface area contributed by atoms with E-state index in [1.54, 1.807) is 13.3 Å². The van der Waals surface area contributed by atoms with E-state index >= 15 is 0 Å². The second-order valence-corrected chi connectivity index (χ2v) is 9.29. The number of aryl methyl sites for hydroxylation is 1. The van der Waals surface area contributed by atoms with Gasteiger partial charge in [-0.15, -0.1) is 0 Å². The third-order valence-corrected chi connectivity index (χ3v) is 4.89. The van der Waals surface area contributed by atoms with Crippen LogP contribution in [-0.2, 0) is 17.8 Å². The zero-order valence-corrected chi connectivity index (χ0v) is 20.7. The van der Waals surface area contributed by atoms with E-state index in [9.17, 15) is 4.79 Å². The lowest BCUT2D eigenvalue weighted by atomic mass is 10.1. The highest BCUT2D eigenvalue weighted by Gasteiger charge is 2.17. The molecular formula is C26H33N5O3. The molecule has 0 radical (unpaired) electrons. The molecule has 0 spiro atoms. The van der Waals surface area contributed by atoms with Crippen molar-refractivity contribution >= 4 is 17.5 Å². The van der Waals surface area contributed by atoms with Crippen LogP contribution < -0.4 is 15.8 Å². The summed E-state index contributed by atoms with van der Waals surface area (Å²) in [5.74, 6) is 1.15. The van der Waals surface area contributed by atoms with Gasteiger partial charge in [-0.1, -0.05) is 12.1 Å². The summed E-state index contributed by atoms with van der Waals surface area (Å²) < 4.78 is 10.9. The fraction of sp³-hybridized carbons (Fsp3) is 0.346. The molecule has 0 aliphatic heterocycles. The molecule has 0 saturated heterocycles. The molecule has 1 aromatic heterocycles. The van der Waals surface area contributed by atoms with E-state index in [2.05, 4.69) is 20.2 Å². The zero-order chi connectivity index (χ0) is 24.9. The minimum atomic E-state index is -0.551. The molecule has 34 heavy (non-hydrogen) atoms. The molecule has 0 fully saturated rings. The smallest absolute Gasteiger partial charge is 0.412 e. The average Bonchev–Trinajstić information content (AvgIpc) is 2.72. The topological polar surface area (TPSA) is 103 Å². The molecule has 1 amide bonds. The van der Waals surface area contributed by atoms with Gasteiger partial charge in [-0.3, -0.25) is 10.2 Å². The Morgan fingerprint density at radius 1 is 1.12 bits per heavy atom. The van der Waals surface area contributed by atoms with Gasteiger partial charge in [0.15, 0.2) is 11.6 Å². The third kappa shape index (κ3) is 6.92. The van der Waals surface area contributed by atoms with Crippen molar-refractivity contribution in [1.29, 1.82) is 0 Å². The number of aromatic nitrogens is 2. The second-order valence-electron chi connectivity index (χ2n) is 9.29. The summed E-state index contributed by atoms with van der Waals surface area (Å²) in [5.41, 5.74) is 10.7. The number of carbonyl (C=O) groups excluding carboxylic acids is 1. The molecule has 0 unspecified atom stereocenters. The molecule has 0 aliphatic carbocycles. The van der Waals surface area contributed by atoms with E-state index in [0.717, 1.165) is 22.4 Å². The van der Waals surface area contributed by atoms with Gasteiger partial charge in [0.2, 0.25) is 0 Å². The average molecular weight is 464 g/mol. The summed E-state index contributed by atoms with van der Waals surface area (Å²) >= 11 is 0. The number of amides is 1. The van der Waals surface area contributed by atoms with Gasteiger partial charge in [0, 0.05) is 30.7 Å². The Morgan fingerprint density at radius 3 is 2.53 bits per heavy atom. The molecule has 2 aromatic carbocycles. The Kier molecular flexibility index (Phi) is 7.73. The molecule has 1 heterocycles. The van der Waals surface area contributed by atoms with E-state index in [1.165, 1.54) is 0 Å². The van der Waals surface area contributed by atoms with Crippen LogP contribution in [0.3, 0.4) is 0 Å². The highest BCUT2D eigenvalue weighted by molar-refractivity contribution is 5.85. The summed E-state index contributed by atoms with van der Waals surface area (Å²) in [6.45, 7) is 8.74. The van der Waals surface area contributed by atoms with Crippen molar-refractivity contribution in [3.05, 3.63) is 65.5 Å². The SMILES string of the molecule is COc1c(N)cc(CN(C)Cc2cccc(NC(=O)OC(C)(C)C)c2)cc1-c1nccc(C)n1. The van der Waals surface area contributed by atoms with Crippen molar-refractivity contribution in [3.8, 4) is 17.1 Å². The van der Waals surface area contributed by atoms with Crippen LogP contribution in [0.5, 0.6) is 5.75 Å². The zero-order valence-electron chi connectivity index (χ0n) is 20.7. The van der Waals surface area contributed by atoms with Gasteiger partial charge in [0.1, 0.15) is 5.60 Å². The number of nitrogens with zero attached hydrogens (tertiary/aromatic N) is 3. The first-order valence-electron chi connectivity index (χ1n) is 11.1. The summed E-state index contributed by atoms with van der Waals surface area (Å²) in [7, 11) is 3.62. The molecule has 0 bridgehead atoms. The first-order valence-corrected chi connectivity index (χ1v) is 11.1. The number of carbonyl (C=O) groups is 1. The van der Waals surface area contributed by atoms with Gasteiger partial charge in [0.25, 0.3) is 0 Å². The molecule has 180 valence electrons. The Balaban J connectivity index is 1.74. The van der Waals surface area contributed by atoms with Crippen molar-refractivity contribution in [1.82, 2.24) is 14.9 Å². The van der Waals surface area contributed by atoms with Gasteiger partial charge in [-0.25, -0.2) is 14.8 Å². The van der Waals surface area contributed by atoms with Crippen molar-refractivity contribution in [2.75, 3.05) is 25.2 Å². The van der Waals surface area contributed by atoms with Crippen molar-refractivity contribution in [2.24, 2.45) is 0 Å². The van der Waals surface area contributed by atoms with Crippen LogP contribution in [0.1, 0.15) is 37.6 Å². The third-order valence-electron chi connectivity index (χ3n) is 4.89. The van der Waals surface area contributed by atoms with E-state index in [1.807, 2.05) is 77.2 Å². The fourth-order valence-corrected chi connectivity index (χ4v) is 3.63. The fourth-order valence-electron chi connectivity index (χ4n) is 3.63. The number of nitrogens with two attached hydrogens (primary N) is 1. The lowest BCUT2D eigenvalue weighted by Crippen LogP contribution is -2.27. The Bertz CT molecular complexity index is 1160. The molecule has 0 aliphatic rings. The number of hydrogen-bond donors (Lipinski definition) is 2. The van der Waals surface area contributed by atoms with Gasteiger partial charge in [-0.2, -0.15) is 0 Å². The predicted molar refractivity (Wildman–Crippen MR) is 135 cm³/mol. The van der Waals surface area contributed by atoms with Crippen molar-refractivity contribution < 1.29 is 14.3 Å². The Labute approximate surface area is 201 Å². The minimum Gasteiger partial charge on any atom is -0.494 e. The summed E-state index contributed by atoms with van der Waals surface area (Å²) in [6.07, 6.45) is 1.25. The lowest BCUT2D eigenvalue weighted by molar-refractivity contribution is 0.0636. The van der Waals surface area contributed by atoms with E-state index in [4.69, 9.17) is 15.2 Å². The largest absolute Gasteiger partial charge is 0.494 e. The van der Waals surface area contributed by atoms with Crippen LogP contribution in [0.15, 0.2) is 48.7 Å². The number of benzene rings is 2. The molecule has 3 N–H and O–H groups in total. The van der Waals surface area contributed by atoms with Gasteiger partial charge in [0.05, 0.1) is 18.4 Å². The first-order chi connectivity index (χ1) is 16.0. The summed E-state index contributed by atoms with van der Waals surface area (Å²) in [5, 5.41) is 2.79. The quantitative estimate of drug-likeness (QED) is 0.474. The number of rotatable bonds is 7. The normalized spacial score (nSPS) is 11.4. The number of hydrogen-bond acceptors (Lipinski definition) is 7. The standard InChI is InChI=1S/C26H33N5O3/c1-17-10-11-28-24(29-17)21-13-19(14-22(27)23(21)33-6)16-31(5)15-18-8-7-9-20(12-18)30-25(32)34-26(2,3)4/h7-14H,15-16,27H2,1-6H3,(H,30,32). The molecule has 3 aromatic rings. The van der Waals surface area contributed by atoms with Gasteiger partial charge < -0.3 is 15.2 Å². The maximum atomic E-state index is 12.1. The minimum absolute atomic E-state index is 0.474. The lowest BCUT2D eigenvalue weighted by Gasteiger charge is -2.21. The van der Waals surface area contributed by atoms with E-state index < -0.39 is 11.7 Å². The van der Waals surface area contributed by atoms with Crippen molar-refractivity contribution in [3.63, 3.8) is 0 Å². The summed E-state index contributed by atoms with van der Waals surface area (Å²) in [4.78, 5) is 23.2. The summed E-state index contributed by atoms with van der Waals surface area (Å²) in [6, 6.07) is 13.5. The van der Waals surface area contributed by atoms with Gasteiger partial charge >= 0.3 is 6.09 Å². The Hall–Kier alpha value is -3.65. The molecule has 0 atom stereocenters. The molecule has 8 heteroatoms. The molecule has 8 nitrogen and oxygen atoms in total. The van der Waals surface area contributed by atoms with Crippen LogP contribution >= 0.6 is 0 Å². The number of methoxy groups -OCH3 is 1.